The molecular weight excluding hydrogens is 232 g/mol. The van der Waals surface area contributed by atoms with E-state index in [1.54, 1.807) is 0 Å². The predicted octanol–water partition coefficient (Wildman–Crippen LogP) is 4.62. The van der Waals surface area contributed by atoms with Gasteiger partial charge in [-0.05, 0) is 67.6 Å². The molecule has 6 atom stereocenters. The van der Waals surface area contributed by atoms with E-state index in [1.165, 1.54) is 38.5 Å². The van der Waals surface area contributed by atoms with Crippen molar-refractivity contribution in [2.75, 3.05) is 0 Å². The van der Waals surface area contributed by atoms with Crippen LogP contribution in [0.15, 0.2) is 12.7 Å². The average Bonchev–Trinajstić information content (AvgIpc) is 2.69. The Morgan fingerprint density at radius 1 is 1.16 bits per heavy atom. The molecule has 0 saturated heterocycles. The maximum absolute atomic E-state index is 12.5. The minimum Gasteiger partial charge on any atom is -0.299 e. The van der Waals surface area contributed by atoms with E-state index in [-0.39, 0.29) is 0 Å². The molecule has 0 N–H and O–H groups in total. The minimum absolute atomic E-state index is 0.370. The van der Waals surface area contributed by atoms with E-state index in [9.17, 15) is 4.79 Å². The van der Waals surface area contributed by atoms with Crippen LogP contribution in [-0.2, 0) is 4.79 Å². The highest BCUT2D eigenvalue weighted by atomic mass is 16.1. The first-order chi connectivity index (χ1) is 9.07. The van der Waals surface area contributed by atoms with Gasteiger partial charge in [0.15, 0.2) is 0 Å². The molecule has 3 fully saturated rings. The van der Waals surface area contributed by atoms with E-state index < -0.39 is 0 Å². The van der Waals surface area contributed by atoms with E-state index in [0.717, 1.165) is 12.3 Å². The summed E-state index contributed by atoms with van der Waals surface area (Å²) in [5, 5.41) is 0. The van der Waals surface area contributed by atoms with Crippen molar-refractivity contribution in [3.8, 4) is 0 Å². The summed E-state index contributed by atoms with van der Waals surface area (Å²) in [6.45, 7) is 8.82. The van der Waals surface area contributed by atoms with Crippen molar-refractivity contribution in [3.63, 3.8) is 0 Å². The SMILES string of the molecule is C=CC1CCC2C(C)CCC3(CCC(=O)C23)C[C@@H]1C. The van der Waals surface area contributed by atoms with Crippen LogP contribution in [0, 0.1) is 35.0 Å². The second-order valence-corrected chi connectivity index (χ2v) is 7.64. The summed E-state index contributed by atoms with van der Waals surface area (Å²) in [6, 6.07) is 0. The number of hydrogen-bond donors (Lipinski definition) is 0. The molecule has 0 aliphatic heterocycles. The highest BCUT2D eigenvalue weighted by Gasteiger charge is 2.55. The van der Waals surface area contributed by atoms with Crippen molar-refractivity contribution in [2.24, 2.45) is 35.0 Å². The topological polar surface area (TPSA) is 17.1 Å². The Labute approximate surface area is 117 Å². The van der Waals surface area contributed by atoms with Gasteiger partial charge in [-0.3, -0.25) is 4.79 Å². The third-order valence-corrected chi connectivity index (χ3v) is 6.73. The Hall–Kier alpha value is -0.590. The summed E-state index contributed by atoms with van der Waals surface area (Å²) in [7, 11) is 0. The monoisotopic (exact) mass is 260 g/mol. The Balaban J connectivity index is 1.96. The van der Waals surface area contributed by atoms with Crippen LogP contribution in [-0.4, -0.2) is 5.78 Å². The van der Waals surface area contributed by atoms with Crippen LogP contribution < -0.4 is 0 Å². The molecule has 106 valence electrons. The maximum Gasteiger partial charge on any atom is 0.136 e. The van der Waals surface area contributed by atoms with Gasteiger partial charge in [0.2, 0.25) is 0 Å². The number of hydrogen-bond acceptors (Lipinski definition) is 1. The average molecular weight is 260 g/mol. The second kappa shape index (κ2) is 4.75. The van der Waals surface area contributed by atoms with Gasteiger partial charge in [-0.2, -0.15) is 0 Å². The van der Waals surface area contributed by atoms with Crippen molar-refractivity contribution in [1.29, 1.82) is 0 Å². The summed E-state index contributed by atoms with van der Waals surface area (Å²) in [5.41, 5.74) is 0.370. The fourth-order valence-corrected chi connectivity index (χ4v) is 5.65. The van der Waals surface area contributed by atoms with E-state index in [0.29, 0.717) is 34.9 Å². The molecule has 1 heteroatoms. The number of Topliss-reactive ketones (excluding diaryl/α,β-unsaturated/α-hetero) is 1. The lowest BCUT2D eigenvalue weighted by atomic mass is 9.54. The zero-order valence-corrected chi connectivity index (χ0v) is 12.5. The van der Waals surface area contributed by atoms with Gasteiger partial charge >= 0.3 is 0 Å². The molecule has 3 saturated carbocycles. The number of allylic oxidation sites excluding steroid dienone is 1. The van der Waals surface area contributed by atoms with Gasteiger partial charge in [0.1, 0.15) is 5.78 Å². The molecule has 3 rings (SSSR count). The molecule has 1 nitrogen and oxygen atoms in total. The fourth-order valence-electron chi connectivity index (χ4n) is 5.65. The summed E-state index contributed by atoms with van der Waals surface area (Å²) in [4.78, 5) is 12.5. The second-order valence-electron chi connectivity index (χ2n) is 7.64. The van der Waals surface area contributed by atoms with Crippen molar-refractivity contribution in [3.05, 3.63) is 12.7 Å². The van der Waals surface area contributed by atoms with Crippen LogP contribution in [0.4, 0.5) is 0 Å². The lowest BCUT2D eigenvalue weighted by molar-refractivity contribution is -0.129. The largest absolute Gasteiger partial charge is 0.299 e. The van der Waals surface area contributed by atoms with E-state index >= 15 is 0 Å². The molecule has 0 spiro atoms. The first-order valence-corrected chi connectivity index (χ1v) is 8.22. The molecule has 0 aromatic rings. The van der Waals surface area contributed by atoms with Crippen LogP contribution in [0.5, 0.6) is 0 Å². The van der Waals surface area contributed by atoms with Crippen LogP contribution in [0.25, 0.3) is 0 Å². The molecule has 3 aliphatic carbocycles. The van der Waals surface area contributed by atoms with Gasteiger partial charge in [-0.25, -0.2) is 0 Å². The lowest BCUT2D eigenvalue weighted by Crippen LogP contribution is -2.45. The van der Waals surface area contributed by atoms with Crippen LogP contribution in [0.2, 0.25) is 0 Å². The van der Waals surface area contributed by atoms with Gasteiger partial charge < -0.3 is 0 Å². The van der Waals surface area contributed by atoms with E-state index in [4.69, 9.17) is 0 Å². The smallest absolute Gasteiger partial charge is 0.136 e. The first-order valence-electron chi connectivity index (χ1n) is 8.22. The molecule has 0 radical (unpaired) electrons. The summed E-state index contributed by atoms with van der Waals surface area (Å²) >= 11 is 0. The number of carbonyl (C=O) groups excluding carboxylic acids is 1. The first kappa shape index (κ1) is 13.4. The van der Waals surface area contributed by atoms with Crippen molar-refractivity contribution in [2.45, 2.75) is 58.8 Å². The Bertz CT molecular complexity index is 385. The highest BCUT2D eigenvalue weighted by Crippen LogP contribution is 2.60. The van der Waals surface area contributed by atoms with E-state index in [1.807, 2.05) is 0 Å². The molecule has 2 bridgehead atoms. The fraction of sp³-hybridized carbons (Fsp3) is 0.833. The molecular formula is C18H28O. The molecule has 5 unspecified atom stereocenters. The summed E-state index contributed by atoms with van der Waals surface area (Å²) < 4.78 is 0. The van der Waals surface area contributed by atoms with Gasteiger partial charge in [-0.15, -0.1) is 6.58 Å². The normalized spacial score (nSPS) is 50.2. The van der Waals surface area contributed by atoms with Crippen LogP contribution in [0.3, 0.4) is 0 Å². The van der Waals surface area contributed by atoms with Crippen molar-refractivity contribution in [1.82, 2.24) is 0 Å². The number of rotatable bonds is 1. The summed E-state index contributed by atoms with van der Waals surface area (Å²) in [6.07, 6.45) is 10.6. The quantitative estimate of drug-likeness (QED) is 0.629. The van der Waals surface area contributed by atoms with Crippen LogP contribution in [0.1, 0.15) is 58.8 Å². The van der Waals surface area contributed by atoms with Gasteiger partial charge in [0.05, 0.1) is 0 Å². The van der Waals surface area contributed by atoms with Gasteiger partial charge in [0.25, 0.3) is 0 Å². The third kappa shape index (κ3) is 2.00. The number of ketones is 1. The molecule has 0 aromatic heterocycles. The van der Waals surface area contributed by atoms with Gasteiger partial charge in [-0.1, -0.05) is 19.9 Å². The molecule has 0 amide bonds. The Kier molecular flexibility index (Phi) is 3.35. The molecule has 19 heavy (non-hydrogen) atoms. The lowest BCUT2D eigenvalue weighted by Gasteiger charge is -2.50. The minimum atomic E-state index is 0.370. The number of carbonyl (C=O) groups is 1. The highest BCUT2D eigenvalue weighted by molar-refractivity contribution is 5.84. The van der Waals surface area contributed by atoms with Crippen LogP contribution >= 0.6 is 0 Å². The van der Waals surface area contributed by atoms with Crippen molar-refractivity contribution < 1.29 is 4.79 Å². The summed E-state index contributed by atoms with van der Waals surface area (Å²) in [5.74, 6) is 3.80. The standard InChI is InChI=1S/C18H28O/c1-4-14-5-6-15-12(2)7-9-18(11-13(14)3)10-8-16(19)17(15)18/h4,12-15,17H,1,5-11H2,2-3H3/t12?,13-,14?,15?,17?,18?/m0/s1. The zero-order valence-electron chi connectivity index (χ0n) is 12.5. The van der Waals surface area contributed by atoms with Crippen molar-refractivity contribution >= 4 is 5.78 Å². The molecule has 3 aliphatic rings. The Morgan fingerprint density at radius 3 is 2.68 bits per heavy atom. The van der Waals surface area contributed by atoms with Gasteiger partial charge in [0, 0.05) is 12.3 Å². The van der Waals surface area contributed by atoms with E-state index in [2.05, 4.69) is 26.5 Å². The Morgan fingerprint density at radius 2 is 1.95 bits per heavy atom. The molecule has 0 heterocycles. The third-order valence-electron chi connectivity index (χ3n) is 6.73. The molecule has 0 aromatic carbocycles. The maximum atomic E-state index is 12.5. The predicted molar refractivity (Wildman–Crippen MR) is 78.8 cm³/mol. The zero-order chi connectivity index (χ0) is 13.6.